The Kier molecular flexibility index (Phi) is 6.19. The Hall–Kier alpha value is -1.05. The van der Waals surface area contributed by atoms with Crippen molar-refractivity contribution >= 4 is 0 Å². The van der Waals surface area contributed by atoms with E-state index < -0.39 is 0 Å². The molecule has 0 amide bonds. The molecule has 7 nitrogen and oxygen atoms in total. The van der Waals surface area contributed by atoms with Crippen LogP contribution >= 0.6 is 0 Å². The normalized spacial score (nSPS) is 29.2. The van der Waals surface area contributed by atoms with Crippen molar-refractivity contribution in [1.82, 2.24) is 20.2 Å². The van der Waals surface area contributed by atoms with E-state index in [9.17, 15) is 0 Å². The van der Waals surface area contributed by atoms with Gasteiger partial charge in [0.05, 0.1) is 19.2 Å². The van der Waals surface area contributed by atoms with Gasteiger partial charge in [-0.2, -0.15) is 0 Å². The van der Waals surface area contributed by atoms with E-state index in [4.69, 9.17) is 4.74 Å². The SMILES string of the molecule is CC[NH+]1CC[NH+]([C@@H](CC(C)C)c2nnnn2C[C@@H]2CCCO2)CC1. The molecule has 2 N–H and O–H groups in total. The van der Waals surface area contributed by atoms with Crippen molar-refractivity contribution in [1.29, 1.82) is 0 Å². The summed E-state index contributed by atoms with van der Waals surface area (Å²) in [6.07, 6.45) is 3.70. The van der Waals surface area contributed by atoms with Crippen LogP contribution in [0.25, 0.3) is 0 Å². The van der Waals surface area contributed by atoms with Crippen LogP contribution in [-0.4, -0.2) is 65.6 Å². The van der Waals surface area contributed by atoms with Crippen LogP contribution in [0.15, 0.2) is 0 Å². The predicted molar refractivity (Wildman–Crippen MR) is 90.9 cm³/mol. The molecule has 0 spiro atoms. The minimum atomic E-state index is 0.281. The minimum absolute atomic E-state index is 0.281. The molecule has 7 heteroatoms. The molecule has 2 saturated heterocycles. The topological polar surface area (TPSA) is 61.7 Å². The van der Waals surface area contributed by atoms with Gasteiger partial charge in [0.2, 0.25) is 5.82 Å². The average Bonchev–Trinajstić information content (AvgIpc) is 3.25. The molecule has 2 atom stereocenters. The van der Waals surface area contributed by atoms with Crippen LogP contribution in [0.5, 0.6) is 0 Å². The second kappa shape index (κ2) is 8.36. The highest BCUT2D eigenvalue weighted by atomic mass is 16.5. The van der Waals surface area contributed by atoms with Crippen molar-refractivity contribution in [3.63, 3.8) is 0 Å². The van der Waals surface area contributed by atoms with Crippen molar-refractivity contribution in [2.45, 2.75) is 58.7 Å². The Morgan fingerprint density at radius 1 is 1.25 bits per heavy atom. The van der Waals surface area contributed by atoms with Gasteiger partial charge in [-0.1, -0.05) is 13.8 Å². The molecule has 2 aliphatic heterocycles. The van der Waals surface area contributed by atoms with Gasteiger partial charge in [0, 0.05) is 13.0 Å². The average molecular weight is 339 g/mol. The number of ether oxygens (including phenoxy) is 1. The van der Waals surface area contributed by atoms with Crippen LogP contribution in [-0.2, 0) is 11.3 Å². The maximum Gasteiger partial charge on any atom is 0.209 e. The number of nitrogens with one attached hydrogen (secondary N) is 2. The molecule has 0 bridgehead atoms. The maximum absolute atomic E-state index is 5.79. The number of nitrogens with zero attached hydrogens (tertiary/aromatic N) is 4. The first-order valence-corrected chi connectivity index (χ1v) is 9.73. The van der Waals surface area contributed by atoms with Crippen LogP contribution < -0.4 is 9.80 Å². The highest BCUT2D eigenvalue weighted by Gasteiger charge is 2.34. The Bertz CT molecular complexity index is 491. The van der Waals surface area contributed by atoms with Crippen molar-refractivity contribution < 1.29 is 14.5 Å². The molecule has 0 saturated carbocycles. The standard InChI is InChI=1S/C17H32N6O/c1-4-21-7-9-22(10-8-21)16(12-14(2)3)17-18-19-20-23(17)13-15-6-5-11-24-15/h14-16H,4-13H2,1-3H3/p+2/t15-,16-/m0/s1. The van der Waals surface area contributed by atoms with Crippen molar-refractivity contribution in [3.05, 3.63) is 5.82 Å². The summed E-state index contributed by atoms with van der Waals surface area (Å²) in [5, 5.41) is 12.7. The van der Waals surface area contributed by atoms with Gasteiger partial charge in [-0.25, -0.2) is 4.68 Å². The van der Waals surface area contributed by atoms with E-state index in [0.29, 0.717) is 12.0 Å². The van der Waals surface area contributed by atoms with E-state index in [2.05, 4.69) is 36.3 Å². The molecule has 3 rings (SSSR count). The van der Waals surface area contributed by atoms with Crippen LogP contribution in [0.1, 0.15) is 51.9 Å². The Morgan fingerprint density at radius 3 is 2.67 bits per heavy atom. The second-order valence-electron chi connectivity index (χ2n) is 7.80. The molecule has 24 heavy (non-hydrogen) atoms. The largest absolute Gasteiger partial charge is 0.376 e. The van der Waals surface area contributed by atoms with Crippen LogP contribution in [0.2, 0.25) is 0 Å². The zero-order valence-electron chi connectivity index (χ0n) is 15.5. The third-order valence-corrected chi connectivity index (χ3v) is 5.57. The number of hydrogen-bond acceptors (Lipinski definition) is 4. The molecule has 2 fully saturated rings. The molecule has 0 aliphatic carbocycles. The highest BCUT2D eigenvalue weighted by Crippen LogP contribution is 2.19. The van der Waals surface area contributed by atoms with Gasteiger partial charge in [-0.3, -0.25) is 0 Å². The lowest BCUT2D eigenvalue weighted by Gasteiger charge is -2.34. The first kappa shape index (κ1) is 17.8. The summed E-state index contributed by atoms with van der Waals surface area (Å²) in [6, 6.07) is 0.403. The number of piperazine rings is 1. The predicted octanol–water partition coefficient (Wildman–Crippen LogP) is -1.26. The van der Waals surface area contributed by atoms with Crippen LogP contribution in [0, 0.1) is 5.92 Å². The summed E-state index contributed by atoms with van der Waals surface area (Å²) >= 11 is 0. The molecular formula is C17H34N6O+2. The molecule has 3 heterocycles. The monoisotopic (exact) mass is 338 g/mol. The molecule has 0 aromatic carbocycles. The number of hydrogen-bond donors (Lipinski definition) is 2. The van der Waals surface area contributed by atoms with Crippen LogP contribution in [0.4, 0.5) is 0 Å². The highest BCUT2D eigenvalue weighted by molar-refractivity contribution is 4.89. The molecule has 0 radical (unpaired) electrons. The number of quaternary nitrogens is 2. The number of likely N-dealkylation sites (N-methyl/N-ethyl adjacent to an activating group) is 1. The fourth-order valence-electron chi connectivity index (χ4n) is 4.13. The number of rotatable bonds is 7. The fourth-order valence-corrected chi connectivity index (χ4v) is 4.13. The Balaban J connectivity index is 1.72. The van der Waals surface area contributed by atoms with E-state index >= 15 is 0 Å². The maximum atomic E-state index is 5.79. The van der Waals surface area contributed by atoms with Crippen molar-refractivity contribution in [3.8, 4) is 0 Å². The lowest BCUT2D eigenvalue weighted by molar-refractivity contribution is -1.03. The smallest absolute Gasteiger partial charge is 0.209 e. The molecule has 136 valence electrons. The first-order chi connectivity index (χ1) is 11.7. The third kappa shape index (κ3) is 4.32. The van der Waals surface area contributed by atoms with Gasteiger partial charge in [-0.15, -0.1) is 5.10 Å². The summed E-state index contributed by atoms with van der Waals surface area (Å²) in [5.41, 5.74) is 0. The first-order valence-electron chi connectivity index (χ1n) is 9.73. The molecule has 0 unspecified atom stereocenters. The van der Waals surface area contributed by atoms with Gasteiger partial charge in [0.25, 0.3) is 0 Å². The third-order valence-electron chi connectivity index (χ3n) is 5.57. The van der Waals surface area contributed by atoms with E-state index in [1.165, 1.54) is 32.7 Å². The van der Waals surface area contributed by atoms with Crippen LogP contribution in [0.3, 0.4) is 0 Å². The van der Waals surface area contributed by atoms with Gasteiger partial charge >= 0.3 is 0 Å². The molecule has 2 aliphatic rings. The molecule has 1 aromatic heterocycles. The summed E-state index contributed by atoms with van der Waals surface area (Å²) in [4.78, 5) is 3.38. The fraction of sp³-hybridized carbons (Fsp3) is 0.941. The molecular weight excluding hydrogens is 304 g/mol. The van der Waals surface area contributed by atoms with Gasteiger partial charge in [-0.05, 0) is 36.1 Å². The Morgan fingerprint density at radius 2 is 2.04 bits per heavy atom. The lowest BCUT2D eigenvalue weighted by Crippen LogP contribution is -3.28. The zero-order chi connectivity index (χ0) is 16.9. The van der Waals surface area contributed by atoms with Gasteiger partial charge in [0.1, 0.15) is 26.2 Å². The second-order valence-corrected chi connectivity index (χ2v) is 7.80. The van der Waals surface area contributed by atoms with E-state index in [0.717, 1.165) is 38.2 Å². The van der Waals surface area contributed by atoms with E-state index in [1.807, 2.05) is 4.68 Å². The number of tetrazole rings is 1. The van der Waals surface area contributed by atoms with Crippen molar-refractivity contribution in [2.24, 2.45) is 5.92 Å². The Labute approximate surface area is 145 Å². The summed E-state index contributed by atoms with van der Waals surface area (Å²) in [5.74, 6) is 1.71. The molecule has 1 aromatic rings. The van der Waals surface area contributed by atoms with Crippen molar-refractivity contribution in [2.75, 3.05) is 39.3 Å². The van der Waals surface area contributed by atoms with Gasteiger partial charge in [0.15, 0.2) is 6.04 Å². The summed E-state index contributed by atoms with van der Waals surface area (Å²) in [7, 11) is 0. The minimum Gasteiger partial charge on any atom is -0.376 e. The lowest BCUT2D eigenvalue weighted by atomic mass is 10.0. The van der Waals surface area contributed by atoms with Gasteiger partial charge < -0.3 is 14.5 Å². The summed E-state index contributed by atoms with van der Waals surface area (Å²) < 4.78 is 7.81. The van der Waals surface area contributed by atoms with E-state index in [-0.39, 0.29) is 6.10 Å². The summed E-state index contributed by atoms with van der Waals surface area (Å²) in [6.45, 7) is 14.7. The van der Waals surface area contributed by atoms with E-state index in [1.54, 1.807) is 9.80 Å². The quantitative estimate of drug-likeness (QED) is 0.652. The zero-order valence-corrected chi connectivity index (χ0v) is 15.5. The number of aromatic nitrogens is 4.